The fourth-order valence-electron chi connectivity index (χ4n) is 5.69. The van der Waals surface area contributed by atoms with Gasteiger partial charge in [-0.25, -0.2) is 4.39 Å². The lowest BCUT2D eigenvalue weighted by Gasteiger charge is -2.34. The third-order valence-corrected chi connectivity index (χ3v) is 8.69. The van der Waals surface area contributed by atoms with Crippen molar-refractivity contribution in [2.75, 3.05) is 39.3 Å². The number of halogens is 3. The van der Waals surface area contributed by atoms with Gasteiger partial charge in [-0.05, 0) is 102 Å². The van der Waals surface area contributed by atoms with Crippen LogP contribution in [0.15, 0.2) is 59.3 Å². The Morgan fingerprint density at radius 2 is 1.67 bits per heavy atom. The molecule has 0 bridgehead atoms. The summed E-state index contributed by atoms with van der Waals surface area (Å²) in [5.41, 5.74) is 3.68. The van der Waals surface area contributed by atoms with Crippen molar-refractivity contribution in [2.24, 2.45) is 11.8 Å². The van der Waals surface area contributed by atoms with Crippen LogP contribution in [0.2, 0.25) is 10.0 Å². The second-order valence-corrected chi connectivity index (χ2v) is 11.9. The Bertz CT molecular complexity index is 1080. The second-order valence-electron chi connectivity index (χ2n) is 10.3. The number of benzene rings is 2. The van der Waals surface area contributed by atoms with E-state index in [1.165, 1.54) is 36.1 Å². The van der Waals surface area contributed by atoms with E-state index in [9.17, 15) is 4.39 Å². The number of likely N-dealkylation sites (tertiary alicyclic amines) is 2. The molecule has 2 saturated heterocycles. The molecule has 5 rings (SSSR count). The van der Waals surface area contributed by atoms with Crippen molar-refractivity contribution in [1.82, 2.24) is 9.80 Å². The van der Waals surface area contributed by atoms with Crippen molar-refractivity contribution < 1.29 is 9.13 Å². The normalized spacial score (nSPS) is 21.9. The molecular weight excluding hydrogens is 514 g/mol. The van der Waals surface area contributed by atoms with Crippen LogP contribution in [0.5, 0.6) is 0 Å². The van der Waals surface area contributed by atoms with E-state index in [0.717, 1.165) is 51.4 Å². The molecule has 2 aromatic carbocycles. The lowest BCUT2D eigenvalue weighted by Crippen LogP contribution is -2.39. The van der Waals surface area contributed by atoms with Gasteiger partial charge in [0.2, 0.25) is 0 Å². The molecule has 2 atom stereocenters. The Kier molecular flexibility index (Phi) is 8.99. The third kappa shape index (κ3) is 7.09. The van der Waals surface area contributed by atoms with Gasteiger partial charge in [-0.1, -0.05) is 35.3 Å². The monoisotopic (exact) mass is 546 g/mol. The van der Waals surface area contributed by atoms with Crippen LogP contribution in [-0.2, 0) is 17.9 Å². The molecule has 3 aromatic rings. The van der Waals surface area contributed by atoms with Crippen molar-refractivity contribution in [1.29, 1.82) is 0 Å². The fourth-order valence-corrected chi connectivity index (χ4v) is 6.99. The minimum Gasteiger partial charge on any atom is -0.376 e. The Labute approximate surface area is 227 Å². The zero-order chi connectivity index (χ0) is 24.9. The molecule has 0 N–H and O–H groups in total. The summed E-state index contributed by atoms with van der Waals surface area (Å²) in [6, 6.07) is 14.7. The Morgan fingerprint density at radius 1 is 0.917 bits per heavy atom. The molecule has 3 nitrogen and oxygen atoms in total. The number of rotatable bonds is 9. The minimum absolute atomic E-state index is 0.202. The van der Waals surface area contributed by atoms with Gasteiger partial charge in [0.05, 0.1) is 6.61 Å². The summed E-state index contributed by atoms with van der Waals surface area (Å²) in [4.78, 5) is 5.21. The van der Waals surface area contributed by atoms with Crippen molar-refractivity contribution in [3.8, 4) is 0 Å². The van der Waals surface area contributed by atoms with Crippen LogP contribution in [0, 0.1) is 17.7 Å². The van der Waals surface area contributed by atoms with Crippen LogP contribution >= 0.6 is 34.5 Å². The Morgan fingerprint density at radius 3 is 2.36 bits per heavy atom. The van der Waals surface area contributed by atoms with Gasteiger partial charge in [-0.15, -0.1) is 0 Å². The van der Waals surface area contributed by atoms with Gasteiger partial charge >= 0.3 is 0 Å². The summed E-state index contributed by atoms with van der Waals surface area (Å²) in [5, 5.41) is 5.92. The molecule has 0 amide bonds. The van der Waals surface area contributed by atoms with Crippen molar-refractivity contribution in [2.45, 2.75) is 31.9 Å². The number of hydrogen-bond acceptors (Lipinski definition) is 4. The molecule has 2 fully saturated rings. The summed E-state index contributed by atoms with van der Waals surface area (Å²) >= 11 is 14.3. The lowest BCUT2D eigenvalue weighted by atomic mass is 9.89. The average Bonchev–Trinajstić information content (AvgIpc) is 3.51. The predicted molar refractivity (Wildman–Crippen MR) is 148 cm³/mol. The van der Waals surface area contributed by atoms with Gasteiger partial charge in [-0.2, -0.15) is 11.3 Å². The molecule has 2 aliphatic rings. The molecule has 0 spiro atoms. The first-order valence-corrected chi connectivity index (χ1v) is 14.5. The SMILES string of the molecule is Fc1ccc(COCC2CCN(CC3CN(Cc4cc(Cl)cc(Cl)c4)CC3c3ccsc3)CC2)cc1. The van der Waals surface area contributed by atoms with E-state index < -0.39 is 0 Å². The number of thiophene rings is 1. The predicted octanol–water partition coefficient (Wildman–Crippen LogP) is 7.34. The van der Waals surface area contributed by atoms with Crippen LogP contribution < -0.4 is 0 Å². The lowest BCUT2D eigenvalue weighted by molar-refractivity contribution is 0.0542. The molecule has 7 heteroatoms. The van der Waals surface area contributed by atoms with Crippen LogP contribution in [0.1, 0.15) is 35.4 Å². The first-order valence-electron chi connectivity index (χ1n) is 12.8. The summed E-state index contributed by atoms with van der Waals surface area (Å²) < 4.78 is 19.0. The highest BCUT2D eigenvalue weighted by Gasteiger charge is 2.35. The molecule has 0 aliphatic carbocycles. The average molecular weight is 548 g/mol. The summed E-state index contributed by atoms with van der Waals surface area (Å²) in [7, 11) is 0. The molecule has 192 valence electrons. The van der Waals surface area contributed by atoms with Gasteiger partial charge < -0.3 is 9.64 Å². The highest BCUT2D eigenvalue weighted by molar-refractivity contribution is 7.08. The van der Waals surface area contributed by atoms with E-state index in [1.54, 1.807) is 29.5 Å². The first kappa shape index (κ1) is 26.1. The molecule has 0 radical (unpaired) electrons. The summed E-state index contributed by atoms with van der Waals surface area (Å²) in [5.74, 6) is 1.57. The van der Waals surface area contributed by atoms with E-state index in [2.05, 4.69) is 26.6 Å². The van der Waals surface area contributed by atoms with Gasteiger partial charge in [0.25, 0.3) is 0 Å². The first-order chi connectivity index (χ1) is 17.5. The quantitative estimate of drug-likeness (QED) is 0.279. The van der Waals surface area contributed by atoms with Gasteiger partial charge in [0.15, 0.2) is 0 Å². The third-order valence-electron chi connectivity index (χ3n) is 7.55. The van der Waals surface area contributed by atoms with Crippen LogP contribution in [0.3, 0.4) is 0 Å². The van der Waals surface area contributed by atoms with E-state index in [1.807, 2.05) is 12.1 Å². The molecule has 2 unspecified atom stereocenters. The zero-order valence-electron chi connectivity index (χ0n) is 20.4. The molecule has 2 aliphatic heterocycles. The Balaban J connectivity index is 1.12. The molecule has 0 saturated carbocycles. The van der Waals surface area contributed by atoms with Crippen LogP contribution in [0.4, 0.5) is 4.39 Å². The molecule has 1 aromatic heterocycles. The van der Waals surface area contributed by atoms with Gasteiger partial charge in [-0.3, -0.25) is 4.90 Å². The van der Waals surface area contributed by atoms with Crippen molar-refractivity contribution in [3.63, 3.8) is 0 Å². The maximum Gasteiger partial charge on any atom is 0.123 e. The number of piperidine rings is 1. The van der Waals surface area contributed by atoms with E-state index in [-0.39, 0.29) is 5.82 Å². The Hall–Kier alpha value is -1.47. The van der Waals surface area contributed by atoms with E-state index in [4.69, 9.17) is 27.9 Å². The van der Waals surface area contributed by atoms with Crippen LogP contribution in [-0.4, -0.2) is 49.1 Å². The smallest absolute Gasteiger partial charge is 0.123 e. The van der Waals surface area contributed by atoms with Crippen LogP contribution in [0.25, 0.3) is 0 Å². The van der Waals surface area contributed by atoms with Crippen molar-refractivity contribution in [3.05, 3.63) is 91.8 Å². The van der Waals surface area contributed by atoms with Gasteiger partial charge in [0, 0.05) is 48.7 Å². The summed E-state index contributed by atoms with van der Waals surface area (Å²) in [6.07, 6.45) is 2.34. The molecule has 3 heterocycles. The maximum absolute atomic E-state index is 13.1. The maximum atomic E-state index is 13.1. The second kappa shape index (κ2) is 12.4. The molecule has 36 heavy (non-hydrogen) atoms. The molecular formula is C29H33Cl2FN2OS. The highest BCUT2D eigenvalue weighted by Crippen LogP contribution is 2.36. The van der Waals surface area contributed by atoms with Crippen molar-refractivity contribution >= 4 is 34.5 Å². The van der Waals surface area contributed by atoms with E-state index >= 15 is 0 Å². The number of nitrogens with zero attached hydrogens (tertiary/aromatic N) is 2. The summed E-state index contributed by atoms with van der Waals surface area (Å²) in [6.45, 7) is 7.76. The number of hydrogen-bond donors (Lipinski definition) is 0. The fraction of sp³-hybridized carbons (Fsp3) is 0.448. The highest BCUT2D eigenvalue weighted by atomic mass is 35.5. The standard InChI is InChI=1S/C29H33Cl2FN2OS/c30-26-11-23(12-27(31)13-26)14-34-16-25(29(17-34)24-7-10-36-20-24)15-33-8-5-22(6-9-33)19-35-18-21-1-3-28(32)4-2-21/h1-4,7,10-13,20,22,25,29H,5-6,8-9,14-19H2. The van der Waals surface area contributed by atoms with Gasteiger partial charge in [0.1, 0.15) is 5.82 Å². The number of ether oxygens (including phenoxy) is 1. The topological polar surface area (TPSA) is 15.7 Å². The van der Waals surface area contributed by atoms with E-state index in [0.29, 0.717) is 34.4 Å². The minimum atomic E-state index is -0.202. The largest absolute Gasteiger partial charge is 0.376 e. The zero-order valence-corrected chi connectivity index (χ0v) is 22.7.